The summed E-state index contributed by atoms with van der Waals surface area (Å²) in [5.41, 5.74) is 3.23. The topological polar surface area (TPSA) is 90.9 Å². The van der Waals surface area contributed by atoms with Crippen molar-refractivity contribution in [2.75, 3.05) is 58.9 Å². The van der Waals surface area contributed by atoms with Gasteiger partial charge in [-0.25, -0.2) is 0 Å². The molecule has 1 aromatic carbocycles. The third-order valence-corrected chi connectivity index (χ3v) is 7.62. The van der Waals surface area contributed by atoms with E-state index in [-0.39, 0.29) is 18.1 Å². The maximum Gasteiger partial charge on any atom is 0.297 e. The van der Waals surface area contributed by atoms with Crippen molar-refractivity contribution in [3.8, 4) is 0 Å². The van der Waals surface area contributed by atoms with Gasteiger partial charge in [0.15, 0.2) is 0 Å². The first-order valence-electron chi connectivity index (χ1n) is 10.4. The molecule has 0 aliphatic carbocycles. The fraction of sp³-hybridized carbons (Fsp3) is 0.524. The Morgan fingerprint density at radius 2 is 1.78 bits per heavy atom. The molecule has 2 aromatic rings. The van der Waals surface area contributed by atoms with Crippen molar-refractivity contribution in [1.29, 1.82) is 0 Å². The van der Waals surface area contributed by atoms with Gasteiger partial charge in [0, 0.05) is 18.8 Å². The van der Waals surface area contributed by atoms with Crippen LogP contribution in [0.3, 0.4) is 0 Å². The maximum atomic E-state index is 12.1. The summed E-state index contributed by atoms with van der Waals surface area (Å²) >= 11 is 2.89. The number of benzene rings is 1. The van der Waals surface area contributed by atoms with Gasteiger partial charge in [-0.3, -0.25) is 4.18 Å². The zero-order valence-electron chi connectivity index (χ0n) is 18.4. The number of rotatable bonds is 13. The molecule has 0 spiro atoms. The lowest BCUT2D eigenvalue weighted by molar-refractivity contribution is 0.0421. The summed E-state index contributed by atoms with van der Waals surface area (Å²) in [6.45, 7) is 5.41. The molecule has 1 aromatic heterocycles. The molecule has 8 nitrogen and oxygen atoms in total. The van der Waals surface area contributed by atoms with E-state index >= 15 is 0 Å². The van der Waals surface area contributed by atoms with Crippen LogP contribution >= 0.6 is 23.5 Å². The summed E-state index contributed by atoms with van der Waals surface area (Å²) in [5, 5.41) is 0.961. The maximum absolute atomic E-state index is 12.1. The molecule has 0 atom stereocenters. The quantitative estimate of drug-likeness (QED) is 0.234. The second-order valence-corrected chi connectivity index (χ2v) is 10.6. The summed E-state index contributed by atoms with van der Waals surface area (Å²) in [4.78, 5) is 2.43. The number of likely N-dealkylation sites (N-methyl/N-ethyl adjacent to an activating group) is 1. The number of aryl methyl sites for hydroxylation is 1. The van der Waals surface area contributed by atoms with Crippen molar-refractivity contribution in [2.24, 2.45) is 0 Å². The fourth-order valence-corrected chi connectivity index (χ4v) is 5.49. The van der Waals surface area contributed by atoms with Crippen molar-refractivity contribution in [3.05, 3.63) is 41.6 Å². The zero-order valence-corrected chi connectivity index (χ0v) is 20.8. The minimum atomic E-state index is -3.75. The van der Waals surface area contributed by atoms with Crippen molar-refractivity contribution in [3.63, 3.8) is 0 Å². The Morgan fingerprint density at radius 1 is 1.06 bits per heavy atom. The van der Waals surface area contributed by atoms with Crippen molar-refractivity contribution in [1.82, 2.24) is 13.6 Å². The first-order chi connectivity index (χ1) is 15.5. The van der Waals surface area contributed by atoms with Crippen LogP contribution in [0.2, 0.25) is 0 Å². The SMILES string of the molecule is Cc1ccc(S(=O)(=O)OCCOCCOCCSc2nsnc2C2=CCCN(C)C2)cc1. The number of ether oxygens (including phenoxy) is 2. The largest absolute Gasteiger partial charge is 0.378 e. The van der Waals surface area contributed by atoms with E-state index < -0.39 is 10.1 Å². The molecule has 0 N–H and O–H groups in total. The highest BCUT2D eigenvalue weighted by Gasteiger charge is 2.17. The fourth-order valence-electron chi connectivity index (χ4n) is 3.03. The van der Waals surface area contributed by atoms with Gasteiger partial charge in [-0.15, -0.1) is 11.8 Å². The lowest BCUT2D eigenvalue weighted by Crippen LogP contribution is -2.25. The molecule has 1 aliphatic rings. The summed E-state index contributed by atoms with van der Waals surface area (Å²) in [7, 11) is -1.63. The lowest BCUT2D eigenvalue weighted by atomic mass is 10.1. The van der Waals surface area contributed by atoms with Gasteiger partial charge in [-0.2, -0.15) is 17.2 Å². The monoisotopic (exact) mass is 499 g/mol. The highest BCUT2D eigenvalue weighted by molar-refractivity contribution is 7.99. The van der Waals surface area contributed by atoms with Crippen LogP contribution in [0.25, 0.3) is 5.57 Å². The van der Waals surface area contributed by atoms with Crippen LogP contribution in [-0.2, 0) is 23.8 Å². The van der Waals surface area contributed by atoms with Crippen molar-refractivity contribution in [2.45, 2.75) is 23.3 Å². The minimum absolute atomic E-state index is 0.0310. The molecule has 0 saturated heterocycles. The first-order valence-corrected chi connectivity index (χ1v) is 13.5. The Hall–Kier alpha value is -1.34. The summed E-state index contributed by atoms with van der Waals surface area (Å²) in [6.07, 6.45) is 3.30. The Balaban J connectivity index is 1.24. The second kappa shape index (κ2) is 12.8. The van der Waals surface area contributed by atoms with E-state index in [0.717, 1.165) is 41.5 Å². The molecule has 176 valence electrons. The van der Waals surface area contributed by atoms with Gasteiger partial charge in [0.05, 0.1) is 49.7 Å². The van der Waals surface area contributed by atoms with Crippen LogP contribution in [0, 0.1) is 6.92 Å². The Kier molecular flexibility index (Phi) is 10.1. The number of hydrogen-bond acceptors (Lipinski definition) is 10. The van der Waals surface area contributed by atoms with E-state index in [1.54, 1.807) is 23.9 Å². The van der Waals surface area contributed by atoms with E-state index in [9.17, 15) is 8.42 Å². The van der Waals surface area contributed by atoms with E-state index in [2.05, 4.69) is 26.8 Å². The van der Waals surface area contributed by atoms with E-state index in [4.69, 9.17) is 13.7 Å². The molecule has 32 heavy (non-hydrogen) atoms. The van der Waals surface area contributed by atoms with Crippen LogP contribution in [-0.4, -0.2) is 81.0 Å². The van der Waals surface area contributed by atoms with E-state index in [0.29, 0.717) is 19.8 Å². The van der Waals surface area contributed by atoms with Crippen LogP contribution in [0.15, 0.2) is 40.3 Å². The van der Waals surface area contributed by atoms with E-state index in [1.807, 2.05) is 6.92 Å². The van der Waals surface area contributed by atoms with Crippen LogP contribution in [0.4, 0.5) is 0 Å². The van der Waals surface area contributed by atoms with Gasteiger partial charge in [0.25, 0.3) is 10.1 Å². The molecule has 0 radical (unpaired) electrons. The normalized spacial score (nSPS) is 15.1. The molecule has 11 heteroatoms. The van der Waals surface area contributed by atoms with Crippen LogP contribution < -0.4 is 0 Å². The average molecular weight is 500 g/mol. The number of hydrogen-bond donors (Lipinski definition) is 0. The minimum Gasteiger partial charge on any atom is -0.378 e. The summed E-state index contributed by atoms with van der Waals surface area (Å²) in [5.74, 6) is 0.777. The summed E-state index contributed by atoms with van der Waals surface area (Å²) < 4.78 is 49.0. The molecular weight excluding hydrogens is 470 g/mol. The van der Waals surface area contributed by atoms with Gasteiger partial charge in [0.2, 0.25) is 0 Å². The molecule has 1 aliphatic heterocycles. The lowest BCUT2D eigenvalue weighted by Gasteiger charge is -2.22. The van der Waals surface area contributed by atoms with Gasteiger partial charge < -0.3 is 14.4 Å². The smallest absolute Gasteiger partial charge is 0.297 e. The van der Waals surface area contributed by atoms with Crippen LogP contribution in [0.1, 0.15) is 17.7 Å². The molecule has 2 heterocycles. The molecule has 3 rings (SSSR count). The standard InChI is InChI=1S/C21H29N3O5S3/c1-17-5-7-19(8-6-17)32(25,26)29-13-12-27-10-11-28-14-15-30-21-20(22-31-23-21)18-4-3-9-24(2)16-18/h4-8H,3,9-16H2,1-2H3. The molecule has 0 amide bonds. The Bertz CT molecular complexity index is 977. The second-order valence-electron chi connectivity index (χ2n) is 7.34. The summed E-state index contributed by atoms with van der Waals surface area (Å²) in [6, 6.07) is 6.54. The first kappa shape index (κ1) is 25.3. The average Bonchev–Trinajstić information content (AvgIpc) is 3.24. The molecule has 0 fully saturated rings. The third kappa shape index (κ3) is 7.91. The highest BCUT2D eigenvalue weighted by atomic mass is 32.2. The highest BCUT2D eigenvalue weighted by Crippen LogP contribution is 2.28. The number of aromatic nitrogens is 2. The van der Waals surface area contributed by atoms with Gasteiger partial charge in [0.1, 0.15) is 10.7 Å². The predicted molar refractivity (Wildman–Crippen MR) is 127 cm³/mol. The molecular formula is C21H29N3O5S3. The van der Waals surface area contributed by atoms with E-state index in [1.165, 1.54) is 29.4 Å². The zero-order chi connectivity index (χ0) is 22.8. The molecule has 0 bridgehead atoms. The third-order valence-electron chi connectivity index (χ3n) is 4.72. The number of thioether (sulfide) groups is 1. The van der Waals surface area contributed by atoms with Crippen LogP contribution in [0.5, 0.6) is 0 Å². The van der Waals surface area contributed by atoms with Gasteiger partial charge >= 0.3 is 0 Å². The Labute approximate surface area is 198 Å². The molecule has 0 saturated carbocycles. The van der Waals surface area contributed by atoms with Crippen molar-refractivity contribution < 1.29 is 22.1 Å². The van der Waals surface area contributed by atoms with Gasteiger partial charge in [-0.1, -0.05) is 23.8 Å². The Morgan fingerprint density at radius 3 is 2.53 bits per heavy atom. The van der Waals surface area contributed by atoms with Gasteiger partial charge in [-0.05, 0) is 38.1 Å². The predicted octanol–water partition coefficient (Wildman–Crippen LogP) is 3.10. The van der Waals surface area contributed by atoms with Crippen molar-refractivity contribution >= 4 is 39.2 Å². The molecule has 0 unspecified atom stereocenters. The number of nitrogens with zero attached hydrogens (tertiary/aromatic N) is 3.